The number of amides is 3. The Kier molecular flexibility index (Phi) is 8.65. The van der Waals surface area contributed by atoms with E-state index in [0.717, 1.165) is 4.90 Å². The van der Waals surface area contributed by atoms with Crippen LogP contribution >= 0.6 is 0 Å². The van der Waals surface area contributed by atoms with Crippen molar-refractivity contribution in [2.24, 2.45) is 0 Å². The molecule has 0 spiro atoms. The number of nitrogens with one attached hydrogen (secondary N) is 1. The van der Waals surface area contributed by atoms with Crippen LogP contribution in [-0.4, -0.2) is 70.6 Å². The molecule has 0 unspecified atom stereocenters. The molecule has 1 aliphatic carbocycles. The smallest absolute Gasteiger partial charge is 0.307 e. The molecule has 1 N–H and O–H groups in total. The number of rotatable bonds is 12. The molecule has 2 aliphatic rings. The molecule has 0 atom stereocenters. The van der Waals surface area contributed by atoms with Crippen molar-refractivity contribution in [2.45, 2.75) is 83.5 Å². The molecule has 1 saturated carbocycles. The number of Topliss-reactive ketones (excluding diaryl/α,β-unsaturated/α-hetero) is 2. The lowest BCUT2D eigenvalue weighted by Crippen LogP contribution is -2.46. The Labute approximate surface area is 193 Å². The molecule has 0 radical (unpaired) electrons. The second kappa shape index (κ2) is 10.8. The Bertz CT molecular complexity index is 825. The number of hydrogen-bond donors (Lipinski definition) is 1. The molecule has 10 heteroatoms. The summed E-state index contributed by atoms with van der Waals surface area (Å²) >= 11 is 0. The maximum atomic E-state index is 12.2. The monoisotopic (exact) mass is 464 g/mol. The van der Waals surface area contributed by atoms with Crippen LogP contribution in [0.4, 0.5) is 0 Å². The minimum Gasteiger partial charge on any atom is -0.446 e. The van der Waals surface area contributed by atoms with E-state index in [1.807, 2.05) is 27.7 Å². The highest BCUT2D eigenvalue weighted by Crippen LogP contribution is 2.21. The Morgan fingerprint density at radius 1 is 0.970 bits per heavy atom. The molecule has 1 fully saturated rings. The Morgan fingerprint density at radius 2 is 1.55 bits per heavy atom. The van der Waals surface area contributed by atoms with E-state index in [2.05, 4.69) is 5.32 Å². The van der Waals surface area contributed by atoms with E-state index in [0.29, 0.717) is 19.4 Å². The average Bonchev–Trinajstić information content (AvgIpc) is 3.19. The summed E-state index contributed by atoms with van der Waals surface area (Å²) in [6.45, 7) is 7.63. The number of esters is 1. The van der Waals surface area contributed by atoms with Crippen LogP contribution in [0.3, 0.4) is 0 Å². The zero-order valence-corrected chi connectivity index (χ0v) is 19.6. The van der Waals surface area contributed by atoms with Crippen LogP contribution in [0.2, 0.25) is 0 Å². The molecular formula is C23H32N2O8. The normalized spacial score (nSPS) is 17.3. The molecule has 0 saturated heterocycles. The van der Waals surface area contributed by atoms with Crippen molar-refractivity contribution in [1.82, 2.24) is 10.2 Å². The first-order valence-corrected chi connectivity index (χ1v) is 11.0. The summed E-state index contributed by atoms with van der Waals surface area (Å²) in [6, 6.07) is 0. The number of nitrogens with zero attached hydrogens (tertiary/aromatic N) is 1. The molecule has 1 heterocycles. The molecule has 0 aromatic rings. The first kappa shape index (κ1) is 26.4. The zero-order chi connectivity index (χ0) is 24.8. The standard InChI is InChI=1S/C23H32N2O8/c1-22(2,24-17(28)10-13-25-18(29)7-8-19(25)30)12-14-32-23(3,4)11-9-20(31)33-21-15(26)5-6-16(21)27/h7-8,21H,5-6,9-14H2,1-4H3,(H,24,28). The maximum absolute atomic E-state index is 12.2. The van der Waals surface area contributed by atoms with Gasteiger partial charge in [0.2, 0.25) is 12.0 Å². The molecule has 33 heavy (non-hydrogen) atoms. The minimum absolute atomic E-state index is 0.00303. The molecule has 10 nitrogen and oxygen atoms in total. The van der Waals surface area contributed by atoms with E-state index in [1.165, 1.54) is 12.2 Å². The zero-order valence-electron chi connectivity index (χ0n) is 19.6. The lowest BCUT2D eigenvalue weighted by atomic mass is 9.99. The van der Waals surface area contributed by atoms with Gasteiger partial charge in [0.05, 0.1) is 5.60 Å². The summed E-state index contributed by atoms with van der Waals surface area (Å²) in [4.78, 5) is 71.5. The SMILES string of the molecule is CC(C)(CCOC(C)(C)CCC(=O)OC1C(=O)CCC1=O)NC(=O)CCN1C(=O)C=CC1=O. The third kappa shape index (κ3) is 8.20. The molecule has 0 aromatic heterocycles. The van der Waals surface area contributed by atoms with Crippen molar-refractivity contribution < 1.29 is 38.2 Å². The molecular weight excluding hydrogens is 432 g/mol. The van der Waals surface area contributed by atoms with Crippen molar-refractivity contribution >= 4 is 35.3 Å². The molecule has 0 bridgehead atoms. The van der Waals surface area contributed by atoms with E-state index < -0.39 is 35.0 Å². The van der Waals surface area contributed by atoms with Gasteiger partial charge in [0.1, 0.15) is 0 Å². The molecule has 3 amide bonds. The maximum Gasteiger partial charge on any atom is 0.307 e. The van der Waals surface area contributed by atoms with Crippen LogP contribution in [0.5, 0.6) is 0 Å². The van der Waals surface area contributed by atoms with Gasteiger partial charge >= 0.3 is 5.97 Å². The van der Waals surface area contributed by atoms with Crippen LogP contribution in [0.1, 0.15) is 66.2 Å². The van der Waals surface area contributed by atoms with Gasteiger partial charge in [-0.05, 0) is 40.5 Å². The summed E-state index contributed by atoms with van der Waals surface area (Å²) < 4.78 is 10.9. The Morgan fingerprint density at radius 3 is 2.12 bits per heavy atom. The van der Waals surface area contributed by atoms with Crippen molar-refractivity contribution in [3.05, 3.63) is 12.2 Å². The predicted molar refractivity (Wildman–Crippen MR) is 116 cm³/mol. The Hall–Kier alpha value is -2.88. The van der Waals surface area contributed by atoms with Gasteiger partial charge in [-0.2, -0.15) is 0 Å². The number of ketones is 2. The highest BCUT2D eigenvalue weighted by Gasteiger charge is 2.36. The number of carbonyl (C=O) groups is 6. The fourth-order valence-electron chi connectivity index (χ4n) is 3.43. The quantitative estimate of drug-likeness (QED) is 0.257. The number of imide groups is 1. The van der Waals surface area contributed by atoms with E-state index >= 15 is 0 Å². The summed E-state index contributed by atoms with van der Waals surface area (Å²) in [5, 5.41) is 2.87. The fourth-order valence-corrected chi connectivity index (χ4v) is 3.43. The van der Waals surface area contributed by atoms with Crippen molar-refractivity contribution in [3.8, 4) is 0 Å². The van der Waals surface area contributed by atoms with Crippen LogP contribution in [0.25, 0.3) is 0 Å². The van der Waals surface area contributed by atoms with E-state index in [9.17, 15) is 28.8 Å². The van der Waals surface area contributed by atoms with Crippen LogP contribution in [-0.2, 0) is 38.2 Å². The highest BCUT2D eigenvalue weighted by molar-refractivity contribution is 6.13. The summed E-state index contributed by atoms with van der Waals surface area (Å²) in [5.74, 6) is -2.46. The van der Waals surface area contributed by atoms with Crippen molar-refractivity contribution in [1.29, 1.82) is 0 Å². The van der Waals surface area contributed by atoms with Gasteiger partial charge in [0.15, 0.2) is 11.6 Å². The lowest BCUT2D eigenvalue weighted by Gasteiger charge is -2.30. The van der Waals surface area contributed by atoms with Crippen molar-refractivity contribution in [3.63, 3.8) is 0 Å². The van der Waals surface area contributed by atoms with Crippen LogP contribution < -0.4 is 5.32 Å². The number of hydrogen-bond acceptors (Lipinski definition) is 8. The third-order valence-electron chi connectivity index (χ3n) is 5.54. The van der Waals surface area contributed by atoms with Crippen LogP contribution in [0.15, 0.2) is 12.2 Å². The van der Waals surface area contributed by atoms with Gasteiger partial charge in [-0.1, -0.05) is 0 Å². The molecule has 1 aliphatic heterocycles. The number of ether oxygens (including phenoxy) is 2. The third-order valence-corrected chi connectivity index (χ3v) is 5.54. The first-order valence-electron chi connectivity index (χ1n) is 11.0. The molecule has 0 aromatic carbocycles. The predicted octanol–water partition coefficient (Wildman–Crippen LogP) is 1.01. The van der Waals surface area contributed by atoms with Gasteiger partial charge < -0.3 is 14.8 Å². The second-order valence-electron chi connectivity index (χ2n) is 9.50. The first-order chi connectivity index (χ1) is 15.3. The molecule has 182 valence electrons. The second-order valence-corrected chi connectivity index (χ2v) is 9.50. The fraction of sp³-hybridized carbons (Fsp3) is 0.652. The summed E-state index contributed by atoms with van der Waals surface area (Å²) in [6.07, 6.45) is 2.15. The Balaban J connectivity index is 1.67. The summed E-state index contributed by atoms with van der Waals surface area (Å²) in [5.41, 5.74) is -1.25. The van der Waals surface area contributed by atoms with E-state index in [1.54, 1.807) is 0 Å². The largest absolute Gasteiger partial charge is 0.446 e. The summed E-state index contributed by atoms with van der Waals surface area (Å²) in [7, 11) is 0. The van der Waals surface area contributed by atoms with Gasteiger partial charge in [0, 0.05) is 56.5 Å². The molecule has 2 rings (SSSR count). The lowest BCUT2D eigenvalue weighted by molar-refractivity contribution is -0.158. The van der Waals surface area contributed by atoms with E-state index in [-0.39, 0.29) is 49.7 Å². The average molecular weight is 465 g/mol. The topological polar surface area (TPSA) is 136 Å². The van der Waals surface area contributed by atoms with Gasteiger partial charge in [0.25, 0.3) is 11.8 Å². The highest BCUT2D eigenvalue weighted by atomic mass is 16.6. The van der Waals surface area contributed by atoms with Gasteiger partial charge in [-0.15, -0.1) is 0 Å². The number of carbonyl (C=O) groups excluding carboxylic acids is 6. The van der Waals surface area contributed by atoms with Crippen LogP contribution in [0, 0.1) is 0 Å². The van der Waals surface area contributed by atoms with Gasteiger partial charge in [-0.25, -0.2) is 0 Å². The van der Waals surface area contributed by atoms with E-state index in [4.69, 9.17) is 9.47 Å². The van der Waals surface area contributed by atoms with Gasteiger partial charge in [-0.3, -0.25) is 33.7 Å². The minimum atomic E-state index is -1.26. The van der Waals surface area contributed by atoms with Crippen molar-refractivity contribution in [2.75, 3.05) is 13.2 Å².